The van der Waals surface area contributed by atoms with Crippen LogP contribution in [-0.2, 0) is 24.6 Å². The van der Waals surface area contributed by atoms with Crippen molar-refractivity contribution < 1.29 is 28.7 Å². The molecule has 2 saturated heterocycles. The number of phenolic OH excluding ortho intramolecular Hbond substituents is 1. The Hall–Kier alpha value is -4.02. The molecule has 2 aliphatic carbocycles. The minimum Gasteiger partial charge on any atom is -0.508 e. The van der Waals surface area contributed by atoms with E-state index in [2.05, 4.69) is 21.4 Å². The number of anilines is 1. The maximum atomic E-state index is 15.1. The number of carbonyl (C=O) groups is 4. The summed E-state index contributed by atoms with van der Waals surface area (Å²) in [7, 11) is 0. The quantitative estimate of drug-likeness (QED) is 0.229. The van der Waals surface area contributed by atoms with E-state index in [1.807, 2.05) is 26.8 Å². The molecular formula is C36H32BrClFN3O5. The summed E-state index contributed by atoms with van der Waals surface area (Å²) >= 11 is 9.85. The predicted molar refractivity (Wildman–Crippen MR) is 176 cm³/mol. The van der Waals surface area contributed by atoms with Crippen LogP contribution >= 0.6 is 27.5 Å². The number of amides is 4. The number of benzene rings is 3. The van der Waals surface area contributed by atoms with Gasteiger partial charge in [0.05, 0.1) is 28.9 Å². The molecular weight excluding hydrogens is 689 g/mol. The Morgan fingerprint density at radius 1 is 0.936 bits per heavy atom. The van der Waals surface area contributed by atoms with E-state index in [4.69, 9.17) is 11.6 Å². The first kappa shape index (κ1) is 31.6. The normalized spacial score (nSPS) is 28.6. The Kier molecular flexibility index (Phi) is 7.40. The van der Waals surface area contributed by atoms with E-state index >= 15 is 4.79 Å². The van der Waals surface area contributed by atoms with E-state index < -0.39 is 58.2 Å². The topological polar surface area (TPSA) is 107 Å². The van der Waals surface area contributed by atoms with Gasteiger partial charge >= 0.3 is 0 Å². The highest BCUT2D eigenvalue weighted by Gasteiger charge is 2.71. The standard InChI is InChI=1S/C36H32BrClFN3O5/c1-35(2,3)41-31(44)24-14-13-23-25(29(24)33(41)46)17-27-32(45)42(40-22-11-9-21(39)10-12-22)34(47)36(27,18-4-7-20(38)8-5-18)30(23)26-16-19(37)6-15-28(26)43/h4-13,15-16,24-25,27,29-30,40,43H,14,17H2,1-3H3. The van der Waals surface area contributed by atoms with Crippen molar-refractivity contribution in [2.75, 3.05) is 5.43 Å². The molecule has 6 atom stereocenters. The number of rotatable bonds is 4. The fourth-order valence-corrected chi connectivity index (χ4v) is 8.92. The number of hydrogen-bond acceptors (Lipinski definition) is 6. The number of hydrazine groups is 1. The van der Waals surface area contributed by atoms with Crippen LogP contribution in [0.4, 0.5) is 10.1 Å². The lowest BCUT2D eigenvalue weighted by atomic mass is 9.49. The number of allylic oxidation sites excluding steroid dienone is 2. The SMILES string of the molecule is CC(C)(C)N1C(=O)C2CC=C3C(CC4C(=O)N(Nc5ccc(F)cc5)C(=O)C4(c4ccc(Cl)cc4)C3c3cc(Br)ccc3O)C2C1=O. The van der Waals surface area contributed by atoms with Gasteiger partial charge in [0.1, 0.15) is 11.6 Å². The number of hydrogen-bond donors (Lipinski definition) is 2. The second-order valence-corrected chi connectivity index (χ2v) is 15.1. The third-order valence-electron chi connectivity index (χ3n) is 10.2. The smallest absolute Gasteiger partial charge is 0.260 e. The lowest BCUT2D eigenvalue weighted by Crippen LogP contribution is -2.53. The van der Waals surface area contributed by atoms with Crippen molar-refractivity contribution in [3.8, 4) is 5.75 Å². The van der Waals surface area contributed by atoms with Gasteiger partial charge in [-0.3, -0.25) is 29.5 Å². The summed E-state index contributed by atoms with van der Waals surface area (Å²) < 4.78 is 14.4. The third kappa shape index (κ3) is 4.66. The molecule has 0 aromatic heterocycles. The number of halogens is 3. The largest absolute Gasteiger partial charge is 0.508 e. The van der Waals surface area contributed by atoms with E-state index in [0.29, 0.717) is 26.3 Å². The lowest BCUT2D eigenvalue weighted by Gasteiger charge is -2.50. The van der Waals surface area contributed by atoms with E-state index in [0.717, 1.165) is 10.6 Å². The van der Waals surface area contributed by atoms with Crippen LogP contribution in [0.25, 0.3) is 0 Å². The van der Waals surface area contributed by atoms with Crippen molar-refractivity contribution in [1.82, 2.24) is 9.91 Å². The average molecular weight is 721 g/mol. The maximum absolute atomic E-state index is 15.1. The Labute approximate surface area is 284 Å². The first-order valence-electron chi connectivity index (χ1n) is 15.5. The molecule has 8 nitrogen and oxygen atoms in total. The summed E-state index contributed by atoms with van der Waals surface area (Å²) in [5.74, 6) is -5.97. The van der Waals surface area contributed by atoms with Gasteiger partial charge < -0.3 is 5.11 Å². The summed E-state index contributed by atoms with van der Waals surface area (Å²) in [5.41, 5.74) is 2.58. The molecule has 1 saturated carbocycles. The van der Waals surface area contributed by atoms with Crippen molar-refractivity contribution in [2.24, 2.45) is 23.7 Å². The molecule has 2 N–H and O–H groups in total. The number of nitrogens with one attached hydrogen (secondary N) is 1. The Bertz CT molecular complexity index is 1870. The zero-order valence-electron chi connectivity index (χ0n) is 25.8. The van der Waals surface area contributed by atoms with E-state index in [9.17, 15) is 23.9 Å². The average Bonchev–Trinajstić information content (AvgIpc) is 3.41. The minimum absolute atomic E-state index is 0.0794. The molecule has 242 valence electrons. The molecule has 11 heteroatoms. The van der Waals surface area contributed by atoms with Gasteiger partial charge in [-0.2, -0.15) is 5.01 Å². The summed E-state index contributed by atoms with van der Waals surface area (Å²) in [6.45, 7) is 5.46. The molecule has 2 heterocycles. The Morgan fingerprint density at radius 3 is 2.28 bits per heavy atom. The maximum Gasteiger partial charge on any atom is 0.260 e. The second-order valence-electron chi connectivity index (χ2n) is 13.8. The minimum atomic E-state index is -1.57. The summed E-state index contributed by atoms with van der Waals surface area (Å²) in [5, 5.41) is 12.9. The molecule has 0 spiro atoms. The van der Waals surface area contributed by atoms with Crippen LogP contribution in [0.5, 0.6) is 5.75 Å². The number of likely N-dealkylation sites (tertiary alicyclic amines) is 1. The molecule has 0 radical (unpaired) electrons. The molecule has 3 aromatic carbocycles. The van der Waals surface area contributed by atoms with Crippen LogP contribution in [0.2, 0.25) is 5.02 Å². The zero-order valence-corrected chi connectivity index (χ0v) is 28.2. The molecule has 0 bridgehead atoms. The predicted octanol–water partition coefficient (Wildman–Crippen LogP) is 6.73. The van der Waals surface area contributed by atoms with Gasteiger partial charge in [0, 0.05) is 26.5 Å². The van der Waals surface area contributed by atoms with Gasteiger partial charge in [-0.1, -0.05) is 51.3 Å². The summed E-state index contributed by atoms with van der Waals surface area (Å²) in [4.78, 5) is 58.9. The second kappa shape index (κ2) is 11.0. The summed E-state index contributed by atoms with van der Waals surface area (Å²) in [6, 6.07) is 17.0. The van der Waals surface area contributed by atoms with Crippen LogP contribution in [0.3, 0.4) is 0 Å². The zero-order chi connectivity index (χ0) is 33.6. The highest BCUT2D eigenvalue weighted by atomic mass is 79.9. The van der Waals surface area contributed by atoms with Gasteiger partial charge in [0.15, 0.2) is 0 Å². The van der Waals surface area contributed by atoms with Crippen molar-refractivity contribution in [3.05, 3.63) is 105 Å². The number of phenols is 1. The molecule has 4 aliphatic rings. The highest BCUT2D eigenvalue weighted by Crippen LogP contribution is 2.65. The molecule has 4 amide bonds. The number of aromatic hydroxyl groups is 1. The Morgan fingerprint density at radius 2 is 1.62 bits per heavy atom. The van der Waals surface area contributed by atoms with Gasteiger partial charge in [0.25, 0.3) is 11.8 Å². The van der Waals surface area contributed by atoms with Gasteiger partial charge in [-0.25, -0.2) is 4.39 Å². The fourth-order valence-electron chi connectivity index (χ4n) is 8.42. The fraction of sp³-hybridized carbons (Fsp3) is 0.333. The number of carbonyl (C=O) groups excluding carboxylic acids is 4. The van der Waals surface area contributed by atoms with Crippen molar-refractivity contribution >= 4 is 56.8 Å². The molecule has 2 aliphatic heterocycles. The van der Waals surface area contributed by atoms with E-state index in [1.54, 1.807) is 36.4 Å². The van der Waals surface area contributed by atoms with Gasteiger partial charge in [-0.05, 0) is 99.7 Å². The monoisotopic (exact) mass is 719 g/mol. The van der Waals surface area contributed by atoms with E-state index in [1.165, 1.54) is 35.2 Å². The van der Waals surface area contributed by atoms with Crippen LogP contribution in [0.15, 0.2) is 82.9 Å². The third-order valence-corrected chi connectivity index (χ3v) is 11.0. The number of nitrogens with zero attached hydrogens (tertiary/aromatic N) is 2. The van der Waals surface area contributed by atoms with Crippen LogP contribution in [0.1, 0.15) is 50.7 Å². The van der Waals surface area contributed by atoms with Crippen molar-refractivity contribution in [2.45, 2.75) is 50.5 Å². The lowest BCUT2D eigenvalue weighted by molar-refractivity contribution is -0.146. The molecule has 47 heavy (non-hydrogen) atoms. The first-order chi connectivity index (χ1) is 22.2. The highest BCUT2D eigenvalue weighted by molar-refractivity contribution is 9.10. The van der Waals surface area contributed by atoms with Crippen molar-refractivity contribution in [3.63, 3.8) is 0 Å². The van der Waals surface area contributed by atoms with Crippen LogP contribution < -0.4 is 5.43 Å². The molecule has 6 unspecified atom stereocenters. The first-order valence-corrected chi connectivity index (χ1v) is 16.6. The number of imide groups is 2. The molecule has 3 fully saturated rings. The van der Waals surface area contributed by atoms with Gasteiger partial charge in [-0.15, -0.1) is 0 Å². The van der Waals surface area contributed by atoms with E-state index in [-0.39, 0.29) is 30.4 Å². The number of fused-ring (bicyclic) bond motifs is 4. The molecule has 3 aromatic rings. The Balaban J connectivity index is 1.47. The van der Waals surface area contributed by atoms with Crippen LogP contribution in [0, 0.1) is 29.5 Å². The van der Waals surface area contributed by atoms with Crippen molar-refractivity contribution in [1.29, 1.82) is 0 Å². The van der Waals surface area contributed by atoms with Crippen LogP contribution in [-0.4, -0.2) is 44.2 Å². The summed E-state index contributed by atoms with van der Waals surface area (Å²) in [6.07, 6.45) is 2.33. The molecule has 7 rings (SSSR count). The van der Waals surface area contributed by atoms with Gasteiger partial charge in [0.2, 0.25) is 11.8 Å².